The highest BCUT2D eigenvalue weighted by atomic mass is 35.5. The van der Waals surface area contributed by atoms with Gasteiger partial charge in [-0.05, 0) is 25.1 Å². The molecule has 0 spiro atoms. The van der Waals surface area contributed by atoms with Gasteiger partial charge in [0.25, 0.3) is 5.69 Å². The highest BCUT2D eigenvalue weighted by Crippen LogP contribution is 2.33. The lowest BCUT2D eigenvalue weighted by atomic mass is 10.1. The summed E-state index contributed by atoms with van der Waals surface area (Å²) in [7, 11) is -4.08. The highest BCUT2D eigenvalue weighted by Gasteiger charge is 2.26. The van der Waals surface area contributed by atoms with Gasteiger partial charge in [0.15, 0.2) is 6.79 Å². The molecule has 0 amide bonds. The third-order valence-electron chi connectivity index (χ3n) is 4.24. The lowest BCUT2D eigenvalue weighted by molar-refractivity contribution is -0.385. The van der Waals surface area contributed by atoms with E-state index in [0.29, 0.717) is 11.3 Å². The van der Waals surface area contributed by atoms with Gasteiger partial charge in [0.2, 0.25) is 10.0 Å². The van der Waals surface area contributed by atoms with E-state index in [2.05, 4.69) is 4.72 Å². The van der Waals surface area contributed by atoms with Gasteiger partial charge in [0.05, 0.1) is 26.5 Å². The number of nitrogens with one attached hydrogen (secondary N) is 1. The molecule has 13 heteroatoms. The van der Waals surface area contributed by atoms with Crippen LogP contribution in [0.3, 0.4) is 0 Å². The number of nitro benzene ring substituents is 1. The van der Waals surface area contributed by atoms with Gasteiger partial charge in [-0.2, -0.15) is 4.72 Å². The Morgan fingerprint density at radius 1 is 1.29 bits per heavy atom. The second-order valence-electron chi connectivity index (χ2n) is 6.49. The molecule has 2 aromatic carbocycles. The quantitative estimate of drug-likeness (QED) is 0.355. The standard InChI is InChI=1S/C18H16Cl2N2O8S/c1-10(21-31(26,27)14-2-3-15(19)16(20)6-14)18(23)29-8-12-5-13(22(24)25)4-11-7-28-9-30-17(11)12/h2-6,10,21H,7-9H2,1H3/t10-/m0/s1. The molecule has 1 atom stereocenters. The van der Waals surface area contributed by atoms with Crippen molar-refractivity contribution in [2.75, 3.05) is 6.79 Å². The van der Waals surface area contributed by atoms with Crippen LogP contribution in [0, 0.1) is 10.1 Å². The van der Waals surface area contributed by atoms with E-state index < -0.39 is 27.0 Å². The minimum atomic E-state index is -4.08. The minimum absolute atomic E-state index is 0.0409. The Bertz CT molecular complexity index is 1140. The number of non-ortho nitro benzene ring substituents is 1. The normalized spacial score (nSPS) is 14.3. The fourth-order valence-corrected chi connectivity index (χ4v) is 4.34. The molecule has 1 aliphatic rings. The summed E-state index contributed by atoms with van der Waals surface area (Å²) < 4.78 is 42.8. The summed E-state index contributed by atoms with van der Waals surface area (Å²) in [6, 6.07) is 4.99. The van der Waals surface area contributed by atoms with Gasteiger partial charge in [-0.3, -0.25) is 14.9 Å². The first kappa shape index (κ1) is 23.2. The van der Waals surface area contributed by atoms with Crippen LogP contribution in [0.15, 0.2) is 35.2 Å². The summed E-state index contributed by atoms with van der Waals surface area (Å²) in [6.07, 6.45) is 0. The first-order valence-corrected chi connectivity index (χ1v) is 11.0. The molecule has 0 aromatic heterocycles. The molecule has 0 bridgehead atoms. The second kappa shape index (κ2) is 9.37. The maximum Gasteiger partial charge on any atom is 0.324 e. The van der Waals surface area contributed by atoms with Crippen LogP contribution in [0.1, 0.15) is 18.1 Å². The SMILES string of the molecule is C[C@H](NS(=O)(=O)c1ccc(Cl)c(Cl)c1)C(=O)OCc1cc([N+](=O)[O-])cc2c1OCOC2. The molecule has 0 saturated carbocycles. The molecule has 0 saturated heterocycles. The van der Waals surface area contributed by atoms with Crippen LogP contribution in [0.4, 0.5) is 5.69 Å². The molecule has 0 aliphatic carbocycles. The molecular weight excluding hydrogens is 475 g/mol. The highest BCUT2D eigenvalue weighted by molar-refractivity contribution is 7.89. The average molecular weight is 491 g/mol. The zero-order valence-corrected chi connectivity index (χ0v) is 18.3. The number of nitrogens with zero attached hydrogens (tertiary/aromatic N) is 1. The molecule has 1 N–H and O–H groups in total. The largest absolute Gasteiger partial charge is 0.467 e. The maximum absolute atomic E-state index is 12.5. The number of nitro groups is 1. The van der Waals surface area contributed by atoms with Gasteiger partial charge >= 0.3 is 5.97 Å². The number of hydrogen-bond acceptors (Lipinski definition) is 8. The molecule has 166 valence electrons. The molecule has 31 heavy (non-hydrogen) atoms. The number of ether oxygens (including phenoxy) is 3. The van der Waals surface area contributed by atoms with Crippen LogP contribution in [-0.4, -0.2) is 32.1 Å². The van der Waals surface area contributed by atoms with Gasteiger partial charge in [-0.1, -0.05) is 23.2 Å². The molecule has 2 aromatic rings. The van der Waals surface area contributed by atoms with E-state index in [9.17, 15) is 23.3 Å². The van der Waals surface area contributed by atoms with E-state index in [1.807, 2.05) is 0 Å². The van der Waals surface area contributed by atoms with Crippen LogP contribution in [-0.2, 0) is 37.5 Å². The first-order chi connectivity index (χ1) is 14.6. The Hall–Kier alpha value is -2.44. The number of halogens is 2. The van der Waals surface area contributed by atoms with Crippen molar-refractivity contribution < 1.29 is 32.3 Å². The van der Waals surface area contributed by atoms with Crippen LogP contribution >= 0.6 is 23.2 Å². The van der Waals surface area contributed by atoms with Crippen LogP contribution in [0.25, 0.3) is 0 Å². The monoisotopic (exact) mass is 490 g/mol. The van der Waals surface area contributed by atoms with Gasteiger partial charge in [-0.25, -0.2) is 8.42 Å². The van der Waals surface area contributed by atoms with E-state index >= 15 is 0 Å². The number of rotatable bonds is 7. The van der Waals surface area contributed by atoms with E-state index in [1.54, 1.807) is 0 Å². The van der Waals surface area contributed by atoms with Crippen molar-refractivity contribution in [3.05, 3.63) is 61.6 Å². The minimum Gasteiger partial charge on any atom is -0.467 e. The summed E-state index contributed by atoms with van der Waals surface area (Å²) in [6.45, 7) is 0.996. The van der Waals surface area contributed by atoms with Gasteiger partial charge in [0.1, 0.15) is 18.4 Å². The third-order valence-corrected chi connectivity index (χ3v) is 6.52. The van der Waals surface area contributed by atoms with Crippen molar-refractivity contribution in [1.29, 1.82) is 0 Å². The van der Waals surface area contributed by atoms with Crippen molar-refractivity contribution in [3.63, 3.8) is 0 Å². The Kier molecular flexibility index (Phi) is 7.02. The Morgan fingerprint density at radius 2 is 2.03 bits per heavy atom. The predicted octanol–water partition coefficient (Wildman–Crippen LogP) is 3.18. The number of carbonyl (C=O) groups excluding carboxylic acids is 1. The Balaban J connectivity index is 1.71. The zero-order valence-electron chi connectivity index (χ0n) is 16.0. The van der Waals surface area contributed by atoms with Gasteiger partial charge in [-0.15, -0.1) is 0 Å². The number of sulfonamides is 1. The Morgan fingerprint density at radius 3 is 2.71 bits per heavy atom. The molecule has 3 rings (SSSR count). The molecule has 1 heterocycles. The second-order valence-corrected chi connectivity index (χ2v) is 9.02. The smallest absolute Gasteiger partial charge is 0.324 e. The van der Waals surface area contributed by atoms with Crippen molar-refractivity contribution in [2.45, 2.75) is 31.1 Å². The maximum atomic E-state index is 12.5. The Labute approximate surface area is 187 Å². The molecule has 0 fully saturated rings. The number of esters is 1. The molecule has 1 aliphatic heterocycles. The number of benzene rings is 2. The number of fused-ring (bicyclic) bond motifs is 1. The van der Waals surface area contributed by atoms with Crippen molar-refractivity contribution >= 4 is 44.9 Å². The summed E-state index contributed by atoms with van der Waals surface area (Å²) in [4.78, 5) is 22.7. The topological polar surface area (TPSA) is 134 Å². The zero-order chi connectivity index (χ0) is 22.8. The van der Waals surface area contributed by atoms with E-state index in [1.165, 1.54) is 31.2 Å². The predicted molar refractivity (Wildman–Crippen MR) is 109 cm³/mol. The fourth-order valence-electron chi connectivity index (χ4n) is 2.76. The van der Waals surface area contributed by atoms with Crippen LogP contribution in [0.2, 0.25) is 10.0 Å². The molecular formula is C18H16Cl2N2O8S. The first-order valence-electron chi connectivity index (χ1n) is 8.73. The molecule has 10 nitrogen and oxygen atoms in total. The lowest BCUT2D eigenvalue weighted by Gasteiger charge is -2.21. The summed E-state index contributed by atoms with van der Waals surface area (Å²) >= 11 is 11.6. The lowest BCUT2D eigenvalue weighted by Crippen LogP contribution is -2.39. The molecule has 0 unspecified atom stereocenters. The third kappa shape index (κ3) is 5.43. The van der Waals surface area contributed by atoms with Gasteiger partial charge in [0, 0.05) is 23.3 Å². The fraction of sp³-hybridized carbons (Fsp3) is 0.278. The average Bonchev–Trinajstić information content (AvgIpc) is 2.72. The van der Waals surface area contributed by atoms with E-state index in [4.69, 9.17) is 37.4 Å². The van der Waals surface area contributed by atoms with Crippen molar-refractivity contribution in [1.82, 2.24) is 4.72 Å². The van der Waals surface area contributed by atoms with Crippen LogP contribution < -0.4 is 9.46 Å². The number of carbonyl (C=O) groups is 1. The number of hydrogen-bond donors (Lipinski definition) is 1. The van der Waals surface area contributed by atoms with Crippen molar-refractivity contribution in [3.8, 4) is 5.75 Å². The van der Waals surface area contributed by atoms with Crippen LogP contribution in [0.5, 0.6) is 5.75 Å². The van der Waals surface area contributed by atoms with Gasteiger partial charge < -0.3 is 14.2 Å². The summed E-state index contributed by atoms with van der Waals surface area (Å²) in [5.74, 6) is -0.565. The van der Waals surface area contributed by atoms with Crippen molar-refractivity contribution in [2.24, 2.45) is 0 Å². The van der Waals surface area contributed by atoms with E-state index in [0.717, 1.165) is 6.07 Å². The molecule has 0 radical (unpaired) electrons. The van der Waals surface area contributed by atoms with E-state index in [-0.39, 0.29) is 46.2 Å². The summed E-state index contributed by atoms with van der Waals surface area (Å²) in [5, 5.41) is 11.4. The summed E-state index contributed by atoms with van der Waals surface area (Å²) in [5.41, 5.74) is 0.493.